The third-order valence-electron chi connectivity index (χ3n) is 5.31. The van der Waals surface area contributed by atoms with Crippen LogP contribution in [0.4, 0.5) is 0 Å². The lowest BCUT2D eigenvalue weighted by Gasteiger charge is -2.38. The quantitative estimate of drug-likeness (QED) is 0.730. The van der Waals surface area contributed by atoms with E-state index in [0.717, 1.165) is 29.7 Å². The summed E-state index contributed by atoms with van der Waals surface area (Å²) in [6.45, 7) is 17.9. The van der Waals surface area contributed by atoms with E-state index in [0.29, 0.717) is 5.41 Å². The third-order valence-corrected chi connectivity index (χ3v) is 5.31. The van der Waals surface area contributed by atoms with Gasteiger partial charge in [-0.3, -0.25) is 0 Å². The SMILES string of the molecule is CC(C)C(CNC1CCC(C(C)(C)C)CC1)C(C)C. The van der Waals surface area contributed by atoms with Gasteiger partial charge in [0.15, 0.2) is 0 Å². The van der Waals surface area contributed by atoms with Gasteiger partial charge in [-0.2, -0.15) is 0 Å². The molecule has 0 radical (unpaired) electrons. The lowest BCUT2D eigenvalue weighted by molar-refractivity contribution is 0.154. The fourth-order valence-electron chi connectivity index (χ4n) is 3.71. The maximum atomic E-state index is 3.86. The molecule has 19 heavy (non-hydrogen) atoms. The molecular weight excluding hydrogens is 230 g/mol. The summed E-state index contributed by atoms with van der Waals surface area (Å²) in [6.07, 6.45) is 5.58. The maximum Gasteiger partial charge on any atom is 0.00673 e. The van der Waals surface area contributed by atoms with Crippen molar-refractivity contribution in [3.63, 3.8) is 0 Å². The fraction of sp³-hybridized carbons (Fsp3) is 1.00. The Morgan fingerprint density at radius 2 is 1.37 bits per heavy atom. The van der Waals surface area contributed by atoms with E-state index in [-0.39, 0.29) is 0 Å². The smallest absolute Gasteiger partial charge is 0.00673 e. The highest BCUT2D eigenvalue weighted by Crippen LogP contribution is 2.37. The molecule has 1 rings (SSSR count). The Balaban J connectivity index is 2.33. The molecule has 0 atom stereocenters. The van der Waals surface area contributed by atoms with Crippen molar-refractivity contribution in [2.45, 2.75) is 80.2 Å². The molecule has 1 aliphatic carbocycles. The predicted octanol–water partition coefficient (Wildman–Crippen LogP) is 5.11. The molecule has 1 fully saturated rings. The molecule has 1 nitrogen and oxygen atoms in total. The third kappa shape index (κ3) is 5.45. The summed E-state index contributed by atoms with van der Waals surface area (Å²) in [5.74, 6) is 3.33. The molecule has 0 aromatic rings. The minimum Gasteiger partial charge on any atom is -0.314 e. The Morgan fingerprint density at radius 3 is 1.74 bits per heavy atom. The second kappa shape index (κ2) is 7.11. The van der Waals surface area contributed by atoms with Crippen molar-refractivity contribution in [1.82, 2.24) is 5.32 Å². The molecule has 114 valence electrons. The fourth-order valence-corrected chi connectivity index (χ4v) is 3.71. The Hall–Kier alpha value is -0.0400. The minimum atomic E-state index is 0.503. The summed E-state index contributed by atoms with van der Waals surface area (Å²) in [7, 11) is 0. The first-order valence-corrected chi connectivity index (χ1v) is 8.45. The predicted molar refractivity (Wildman–Crippen MR) is 86.4 cm³/mol. The van der Waals surface area contributed by atoms with Gasteiger partial charge in [0.1, 0.15) is 0 Å². The summed E-state index contributed by atoms with van der Waals surface area (Å²) < 4.78 is 0. The molecule has 1 saturated carbocycles. The molecule has 0 spiro atoms. The van der Waals surface area contributed by atoms with Crippen LogP contribution in [0.15, 0.2) is 0 Å². The van der Waals surface area contributed by atoms with Crippen LogP contribution in [-0.4, -0.2) is 12.6 Å². The lowest BCUT2D eigenvalue weighted by Crippen LogP contribution is -2.40. The van der Waals surface area contributed by atoms with Gasteiger partial charge in [0.25, 0.3) is 0 Å². The lowest BCUT2D eigenvalue weighted by atomic mass is 9.71. The van der Waals surface area contributed by atoms with E-state index < -0.39 is 0 Å². The van der Waals surface area contributed by atoms with E-state index in [2.05, 4.69) is 53.8 Å². The highest BCUT2D eigenvalue weighted by Gasteiger charge is 2.30. The highest BCUT2D eigenvalue weighted by molar-refractivity contribution is 4.84. The highest BCUT2D eigenvalue weighted by atomic mass is 14.9. The molecule has 0 aliphatic heterocycles. The molecule has 0 aromatic heterocycles. The van der Waals surface area contributed by atoms with E-state index in [4.69, 9.17) is 0 Å². The molecule has 0 amide bonds. The van der Waals surface area contributed by atoms with Crippen LogP contribution in [-0.2, 0) is 0 Å². The van der Waals surface area contributed by atoms with Crippen LogP contribution >= 0.6 is 0 Å². The van der Waals surface area contributed by atoms with Crippen molar-refractivity contribution >= 4 is 0 Å². The van der Waals surface area contributed by atoms with Crippen molar-refractivity contribution < 1.29 is 0 Å². The summed E-state index contributed by atoms with van der Waals surface area (Å²) in [6, 6.07) is 0.776. The van der Waals surface area contributed by atoms with Crippen LogP contribution in [0.3, 0.4) is 0 Å². The zero-order valence-electron chi connectivity index (χ0n) is 14.4. The van der Waals surface area contributed by atoms with Gasteiger partial charge in [0, 0.05) is 6.04 Å². The second-order valence-electron chi connectivity index (χ2n) is 8.47. The maximum absolute atomic E-state index is 3.86. The van der Waals surface area contributed by atoms with Crippen LogP contribution in [0.2, 0.25) is 0 Å². The number of nitrogens with one attached hydrogen (secondary N) is 1. The van der Waals surface area contributed by atoms with Gasteiger partial charge in [0.2, 0.25) is 0 Å². The zero-order valence-corrected chi connectivity index (χ0v) is 14.4. The van der Waals surface area contributed by atoms with Gasteiger partial charge in [-0.1, -0.05) is 48.5 Å². The average molecular weight is 268 g/mol. The summed E-state index contributed by atoms with van der Waals surface area (Å²) in [4.78, 5) is 0. The normalized spacial score (nSPS) is 25.6. The Morgan fingerprint density at radius 1 is 0.895 bits per heavy atom. The molecule has 1 aliphatic rings. The number of rotatable bonds is 5. The van der Waals surface area contributed by atoms with Gasteiger partial charge in [-0.15, -0.1) is 0 Å². The molecule has 0 bridgehead atoms. The first-order chi connectivity index (χ1) is 8.71. The zero-order chi connectivity index (χ0) is 14.6. The van der Waals surface area contributed by atoms with Crippen molar-refractivity contribution in [3.05, 3.63) is 0 Å². The van der Waals surface area contributed by atoms with Gasteiger partial charge < -0.3 is 5.32 Å². The molecule has 0 unspecified atom stereocenters. The van der Waals surface area contributed by atoms with E-state index in [1.807, 2.05) is 0 Å². The van der Waals surface area contributed by atoms with Crippen molar-refractivity contribution in [3.8, 4) is 0 Å². The first kappa shape index (κ1) is 17.0. The van der Waals surface area contributed by atoms with Crippen molar-refractivity contribution in [1.29, 1.82) is 0 Å². The first-order valence-electron chi connectivity index (χ1n) is 8.45. The van der Waals surface area contributed by atoms with Crippen LogP contribution in [0, 0.1) is 29.1 Å². The standard InChI is InChI=1S/C18H37N/c1-13(2)17(14(3)4)12-19-16-10-8-15(9-11-16)18(5,6)7/h13-17,19H,8-12H2,1-7H3. The Bertz CT molecular complexity index is 233. The van der Waals surface area contributed by atoms with Gasteiger partial charge in [-0.25, -0.2) is 0 Å². The average Bonchev–Trinajstić information content (AvgIpc) is 2.27. The van der Waals surface area contributed by atoms with Gasteiger partial charge >= 0.3 is 0 Å². The largest absolute Gasteiger partial charge is 0.314 e. The molecule has 0 saturated heterocycles. The number of hydrogen-bond acceptors (Lipinski definition) is 1. The Kier molecular flexibility index (Phi) is 6.36. The molecule has 0 heterocycles. The van der Waals surface area contributed by atoms with Crippen molar-refractivity contribution in [2.75, 3.05) is 6.54 Å². The topological polar surface area (TPSA) is 12.0 Å². The van der Waals surface area contributed by atoms with Crippen LogP contribution in [0.25, 0.3) is 0 Å². The summed E-state index contributed by atoms with van der Waals surface area (Å²) in [5, 5.41) is 3.86. The molecule has 0 aromatic carbocycles. The van der Waals surface area contributed by atoms with Gasteiger partial charge in [-0.05, 0) is 61.3 Å². The van der Waals surface area contributed by atoms with Crippen LogP contribution in [0.1, 0.15) is 74.1 Å². The number of hydrogen-bond donors (Lipinski definition) is 1. The van der Waals surface area contributed by atoms with Gasteiger partial charge in [0.05, 0.1) is 0 Å². The minimum absolute atomic E-state index is 0.503. The summed E-state index contributed by atoms with van der Waals surface area (Å²) in [5.41, 5.74) is 0.503. The van der Waals surface area contributed by atoms with E-state index in [1.54, 1.807) is 0 Å². The van der Waals surface area contributed by atoms with E-state index in [1.165, 1.54) is 32.2 Å². The second-order valence-corrected chi connectivity index (χ2v) is 8.47. The molecular formula is C18H37N. The van der Waals surface area contributed by atoms with Crippen molar-refractivity contribution in [2.24, 2.45) is 29.1 Å². The Labute approximate surface area is 121 Å². The monoisotopic (exact) mass is 267 g/mol. The van der Waals surface area contributed by atoms with E-state index >= 15 is 0 Å². The van der Waals surface area contributed by atoms with E-state index in [9.17, 15) is 0 Å². The van der Waals surface area contributed by atoms with Crippen LogP contribution in [0.5, 0.6) is 0 Å². The molecule has 1 heteroatoms. The summed E-state index contributed by atoms with van der Waals surface area (Å²) >= 11 is 0. The van der Waals surface area contributed by atoms with Crippen LogP contribution < -0.4 is 5.32 Å². The molecule has 1 N–H and O–H groups in total.